The topological polar surface area (TPSA) is 108 Å². The number of rotatable bonds is 11. The molecule has 3 rings (SSSR count). The predicted molar refractivity (Wildman–Crippen MR) is 129 cm³/mol. The van der Waals surface area contributed by atoms with Crippen molar-refractivity contribution < 1.29 is 19.6 Å². The predicted octanol–water partition coefficient (Wildman–Crippen LogP) is 2.78. The summed E-state index contributed by atoms with van der Waals surface area (Å²) in [6.45, 7) is 0.335. The van der Waals surface area contributed by atoms with Crippen molar-refractivity contribution in [2.45, 2.75) is 31.8 Å². The third-order valence-electron chi connectivity index (χ3n) is 5.48. The molecule has 0 bridgehead atoms. The zero-order chi connectivity index (χ0) is 24.2. The van der Waals surface area contributed by atoms with Crippen LogP contribution in [0.2, 0.25) is 0 Å². The molecular formula is C27H29N3O4. The van der Waals surface area contributed by atoms with Gasteiger partial charge in [-0.2, -0.15) is 0 Å². The molecule has 2 unspecified atom stereocenters. The van der Waals surface area contributed by atoms with Crippen molar-refractivity contribution in [3.8, 4) is 0 Å². The maximum atomic E-state index is 13.2. The number of hydrogen-bond donors (Lipinski definition) is 4. The summed E-state index contributed by atoms with van der Waals surface area (Å²) in [5.41, 5.74) is 4.31. The van der Waals surface area contributed by atoms with Gasteiger partial charge in [-0.25, -0.2) is 5.48 Å². The maximum absolute atomic E-state index is 13.2. The van der Waals surface area contributed by atoms with Crippen LogP contribution >= 0.6 is 0 Å². The summed E-state index contributed by atoms with van der Waals surface area (Å²) < 4.78 is 0. The van der Waals surface area contributed by atoms with E-state index in [1.807, 2.05) is 91.0 Å². The Bertz CT molecular complexity index is 1060. The van der Waals surface area contributed by atoms with Crippen molar-refractivity contribution in [3.05, 3.63) is 108 Å². The van der Waals surface area contributed by atoms with E-state index in [4.69, 9.17) is 5.21 Å². The Balaban J connectivity index is 1.74. The summed E-state index contributed by atoms with van der Waals surface area (Å²) in [6, 6.07) is 27.4. The minimum atomic E-state index is -0.825. The first-order valence-corrected chi connectivity index (χ1v) is 11.2. The number of carbonyl (C=O) groups is 3. The fraction of sp³-hybridized carbons (Fsp3) is 0.222. The molecule has 0 aliphatic rings. The Morgan fingerprint density at radius 2 is 1.18 bits per heavy atom. The van der Waals surface area contributed by atoms with Gasteiger partial charge in [-0.1, -0.05) is 91.0 Å². The minimum absolute atomic E-state index is 0.207. The monoisotopic (exact) mass is 459 g/mol. The van der Waals surface area contributed by atoms with E-state index in [1.54, 1.807) is 5.48 Å². The van der Waals surface area contributed by atoms with Crippen molar-refractivity contribution in [1.82, 2.24) is 16.1 Å². The van der Waals surface area contributed by atoms with Crippen molar-refractivity contribution >= 4 is 17.7 Å². The number of benzene rings is 3. The lowest BCUT2D eigenvalue weighted by Crippen LogP contribution is -2.50. The van der Waals surface area contributed by atoms with E-state index in [1.165, 1.54) is 0 Å². The second-order valence-corrected chi connectivity index (χ2v) is 8.08. The molecule has 0 saturated carbocycles. The molecule has 3 amide bonds. The van der Waals surface area contributed by atoms with Gasteiger partial charge in [0.2, 0.25) is 17.7 Å². The Kier molecular flexibility index (Phi) is 9.37. The molecule has 0 aromatic heterocycles. The third-order valence-corrected chi connectivity index (χ3v) is 5.48. The average Bonchev–Trinajstić information content (AvgIpc) is 2.88. The molecule has 0 fully saturated rings. The Morgan fingerprint density at radius 3 is 1.71 bits per heavy atom. The summed E-state index contributed by atoms with van der Waals surface area (Å²) in [4.78, 5) is 38.2. The molecule has 0 saturated heterocycles. The van der Waals surface area contributed by atoms with Crippen molar-refractivity contribution in [3.63, 3.8) is 0 Å². The summed E-state index contributed by atoms with van der Waals surface area (Å²) in [5, 5.41) is 14.7. The van der Waals surface area contributed by atoms with Gasteiger partial charge < -0.3 is 10.6 Å². The molecule has 7 heteroatoms. The van der Waals surface area contributed by atoms with E-state index in [2.05, 4.69) is 10.6 Å². The van der Waals surface area contributed by atoms with Gasteiger partial charge in [0, 0.05) is 19.4 Å². The molecule has 3 aromatic carbocycles. The largest absolute Gasteiger partial charge is 0.350 e. The van der Waals surface area contributed by atoms with E-state index in [-0.39, 0.29) is 12.3 Å². The molecule has 7 nitrogen and oxygen atoms in total. The highest BCUT2D eigenvalue weighted by Gasteiger charge is 2.27. The highest BCUT2D eigenvalue weighted by Crippen LogP contribution is 2.14. The number of nitrogens with one attached hydrogen (secondary N) is 3. The number of amides is 3. The van der Waals surface area contributed by atoms with E-state index in [0.717, 1.165) is 16.7 Å². The van der Waals surface area contributed by atoms with Crippen molar-refractivity contribution in [2.24, 2.45) is 5.92 Å². The fourth-order valence-electron chi connectivity index (χ4n) is 3.68. The van der Waals surface area contributed by atoms with Gasteiger partial charge >= 0.3 is 0 Å². The summed E-state index contributed by atoms with van der Waals surface area (Å²) in [7, 11) is 0. The fourth-order valence-corrected chi connectivity index (χ4v) is 3.68. The van der Waals surface area contributed by atoms with Crippen molar-refractivity contribution in [2.75, 3.05) is 0 Å². The normalized spacial score (nSPS) is 12.3. The van der Waals surface area contributed by atoms with E-state index in [9.17, 15) is 14.4 Å². The quantitative estimate of drug-likeness (QED) is 0.261. The van der Waals surface area contributed by atoms with Crippen LogP contribution in [0.1, 0.15) is 23.1 Å². The average molecular weight is 460 g/mol. The molecule has 0 heterocycles. The first-order chi connectivity index (χ1) is 16.5. The zero-order valence-electron chi connectivity index (χ0n) is 18.8. The first-order valence-electron chi connectivity index (χ1n) is 11.2. The number of hydroxylamine groups is 1. The lowest BCUT2D eigenvalue weighted by Gasteiger charge is -2.22. The van der Waals surface area contributed by atoms with Gasteiger partial charge in [0.05, 0.1) is 5.92 Å². The van der Waals surface area contributed by atoms with Crippen LogP contribution in [0, 0.1) is 5.92 Å². The Hall–Kier alpha value is -3.97. The van der Waals surface area contributed by atoms with Gasteiger partial charge in [-0.15, -0.1) is 0 Å². The second kappa shape index (κ2) is 12.9. The first kappa shape index (κ1) is 24.7. The molecule has 0 aliphatic carbocycles. The Labute approximate surface area is 199 Å². The highest BCUT2D eigenvalue weighted by molar-refractivity contribution is 5.90. The number of carbonyl (C=O) groups excluding carboxylic acids is 3. The van der Waals surface area contributed by atoms with Crippen molar-refractivity contribution in [1.29, 1.82) is 0 Å². The van der Waals surface area contributed by atoms with Crippen LogP contribution < -0.4 is 16.1 Å². The molecule has 2 atom stereocenters. The van der Waals surface area contributed by atoms with Gasteiger partial charge in [0.15, 0.2) is 0 Å². The smallest absolute Gasteiger partial charge is 0.244 e. The van der Waals surface area contributed by atoms with E-state index >= 15 is 0 Å². The summed E-state index contributed by atoms with van der Waals surface area (Å²) in [6.07, 6.45) is 0.391. The molecule has 0 radical (unpaired) electrons. The third kappa shape index (κ3) is 7.86. The van der Waals surface area contributed by atoms with Crippen LogP contribution in [-0.4, -0.2) is 29.0 Å². The summed E-state index contributed by atoms with van der Waals surface area (Å²) >= 11 is 0. The van der Waals surface area contributed by atoms with Crippen LogP contribution in [0.15, 0.2) is 91.0 Å². The second-order valence-electron chi connectivity index (χ2n) is 8.08. The van der Waals surface area contributed by atoms with Gasteiger partial charge in [-0.05, 0) is 23.1 Å². The zero-order valence-corrected chi connectivity index (χ0v) is 18.8. The van der Waals surface area contributed by atoms with Gasteiger partial charge in [0.1, 0.15) is 6.04 Å². The van der Waals surface area contributed by atoms with E-state index in [0.29, 0.717) is 19.4 Å². The van der Waals surface area contributed by atoms with Crippen LogP contribution in [0.25, 0.3) is 0 Å². The molecular weight excluding hydrogens is 430 g/mol. The molecule has 3 aromatic rings. The van der Waals surface area contributed by atoms with Gasteiger partial charge in [0.25, 0.3) is 0 Å². The Morgan fingerprint density at radius 1 is 0.676 bits per heavy atom. The lowest BCUT2D eigenvalue weighted by atomic mass is 9.94. The van der Waals surface area contributed by atoms with Crippen LogP contribution in [0.4, 0.5) is 0 Å². The summed E-state index contributed by atoms with van der Waals surface area (Å²) in [5.74, 6) is -2.16. The molecule has 0 spiro atoms. The standard InChI is InChI=1S/C27H29N3O4/c31-25(30-34)18-23(16-20-10-4-1-5-11-20)26(32)29-24(17-21-12-6-2-7-13-21)27(33)28-19-22-14-8-3-9-15-22/h1-15,23-24,34H,16-19H2,(H,28,33)(H,29,32)(H,30,31). The highest BCUT2D eigenvalue weighted by atomic mass is 16.5. The molecule has 176 valence electrons. The minimum Gasteiger partial charge on any atom is -0.350 e. The molecule has 34 heavy (non-hydrogen) atoms. The van der Waals surface area contributed by atoms with E-state index < -0.39 is 23.8 Å². The number of hydrogen-bond acceptors (Lipinski definition) is 4. The SMILES string of the molecule is O=C(CC(Cc1ccccc1)C(=O)NC(Cc1ccccc1)C(=O)NCc1ccccc1)NO. The lowest BCUT2D eigenvalue weighted by molar-refractivity contribution is -0.136. The molecule has 4 N–H and O–H groups in total. The van der Waals surface area contributed by atoms with Crippen LogP contribution in [-0.2, 0) is 33.8 Å². The maximum Gasteiger partial charge on any atom is 0.244 e. The van der Waals surface area contributed by atoms with Gasteiger partial charge in [-0.3, -0.25) is 19.6 Å². The van der Waals surface area contributed by atoms with Crippen LogP contribution in [0.3, 0.4) is 0 Å². The molecule has 0 aliphatic heterocycles. The van der Waals surface area contributed by atoms with Crippen LogP contribution in [0.5, 0.6) is 0 Å².